The number of nitrogens with zero attached hydrogens (tertiary/aromatic N) is 1. The van der Waals surface area contributed by atoms with Crippen molar-refractivity contribution in [1.82, 2.24) is 4.90 Å². The summed E-state index contributed by atoms with van der Waals surface area (Å²) in [5.74, 6) is 0.236. The summed E-state index contributed by atoms with van der Waals surface area (Å²) < 4.78 is 5.63. The van der Waals surface area contributed by atoms with Crippen molar-refractivity contribution in [2.45, 2.75) is 33.2 Å². The normalized spacial score (nSPS) is 22.9. The zero-order chi connectivity index (χ0) is 14.6. The highest BCUT2D eigenvalue weighted by Crippen LogP contribution is 2.35. The van der Waals surface area contributed by atoms with Gasteiger partial charge in [0.05, 0.1) is 12.0 Å². The van der Waals surface area contributed by atoms with E-state index in [-0.39, 0.29) is 0 Å². The van der Waals surface area contributed by atoms with Gasteiger partial charge in [0.1, 0.15) is 5.75 Å². The van der Waals surface area contributed by atoms with Crippen LogP contribution in [0.3, 0.4) is 0 Å². The average Bonchev–Trinajstić information content (AvgIpc) is 2.86. The molecule has 4 nitrogen and oxygen atoms in total. The van der Waals surface area contributed by atoms with Crippen LogP contribution in [0.5, 0.6) is 5.75 Å². The molecule has 4 heteroatoms. The summed E-state index contributed by atoms with van der Waals surface area (Å²) in [7, 11) is 0. The van der Waals surface area contributed by atoms with Crippen molar-refractivity contribution in [2.75, 3.05) is 19.7 Å². The average molecular weight is 277 g/mol. The van der Waals surface area contributed by atoms with E-state index >= 15 is 0 Å². The minimum atomic E-state index is -0.666. The van der Waals surface area contributed by atoms with E-state index in [4.69, 9.17) is 4.74 Å². The Morgan fingerprint density at radius 1 is 1.40 bits per heavy atom. The zero-order valence-corrected chi connectivity index (χ0v) is 12.3. The van der Waals surface area contributed by atoms with Gasteiger partial charge in [-0.3, -0.25) is 9.69 Å². The van der Waals surface area contributed by atoms with Gasteiger partial charge >= 0.3 is 5.97 Å². The SMILES string of the molecule is CCOc1ccccc1CN1CCC(CC)(C(=O)O)C1. The molecule has 1 heterocycles. The molecule has 0 aliphatic carbocycles. The topological polar surface area (TPSA) is 49.8 Å². The third-order valence-corrected chi connectivity index (χ3v) is 4.23. The van der Waals surface area contributed by atoms with Gasteiger partial charge in [0.25, 0.3) is 0 Å². The van der Waals surface area contributed by atoms with Gasteiger partial charge in [0.15, 0.2) is 0 Å². The molecule has 0 saturated carbocycles. The Labute approximate surface area is 120 Å². The van der Waals surface area contributed by atoms with Crippen molar-refractivity contribution in [1.29, 1.82) is 0 Å². The van der Waals surface area contributed by atoms with Gasteiger partial charge in [-0.25, -0.2) is 0 Å². The van der Waals surface area contributed by atoms with Gasteiger partial charge < -0.3 is 9.84 Å². The first kappa shape index (κ1) is 14.9. The molecule has 0 spiro atoms. The highest BCUT2D eigenvalue weighted by atomic mass is 16.5. The van der Waals surface area contributed by atoms with Crippen LogP contribution in [-0.2, 0) is 11.3 Å². The third-order valence-electron chi connectivity index (χ3n) is 4.23. The van der Waals surface area contributed by atoms with Crippen LogP contribution in [-0.4, -0.2) is 35.7 Å². The maximum Gasteiger partial charge on any atom is 0.310 e. The molecule has 1 aromatic rings. The maximum atomic E-state index is 11.5. The van der Waals surface area contributed by atoms with E-state index in [1.54, 1.807) is 0 Å². The molecule has 0 amide bonds. The highest BCUT2D eigenvalue weighted by Gasteiger charge is 2.43. The Morgan fingerprint density at radius 2 is 2.15 bits per heavy atom. The fourth-order valence-electron chi connectivity index (χ4n) is 2.88. The standard InChI is InChI=1S/C16H23NO3/c1-3-16(15(18)19)9-10-17(12-16)11-13-7-5-6-8-14(13)20-4-2/h5-8H,3-4,9-12H2,1-2H3,(H,18,19). The van der Waals surface area contributed by atoms with Crippen LogP contribution in [0.15, 0.2) is 24.3 Å². The summed E-state index contributed by atoms with van der Waals surface area (Å²) in [5, 5.41) is 9.44. The van der Waals surface area contributed by atoms with Crippen LogP contribution in [0.25, 0.3) is 0 Å². The molecule has 1 aliphatic heterocycles. The summed E-state index contributed by atoms with van der Waals surface area (Å²) in [4.78, 5) is 13.7. The van der Waals surface area contributed by atoms with Gasteiger partial charge in [-0.2, -0.15) is 0 Å². The Balaban J connectivity index is 2.07. The minimum Gasteiger partial charge on any atom is -0.494 e. The molecule has 1 aromatic carbocycles. The van der Waals surface area contributed by atoms with Crippen molar-refractivity contribution in [3.8, 4) is 5.75 Å². The number of carbonyl (C=O) groups is 1. The van der Waals surface area contributed by atoms with Gasteiger partial charge in [-0.1, -0.05) is 25.1 Å². The fourth-order valence-corrected chi connectivity index (χ4v) is 2.88. The van der Waals surface area contributed by atoms with E-state index in [1.165, 1.54) is 0 Å². The van der Waals surface area contributed by atoms with Gasteiger partial charge in [0, 0.05) is 18.7 Å². The third kappa shape index (κ3) is 2.96. The van der Waals surface area contributed by atoms with Gasteiger partial charge in [-0.15, -0.1) is 0 Å². The first-order valence-corrected chi connectivity index (χ1v) is 7.27. The summed E-state index contributed by atoms with van der Waals surface area (Å²) in [6, 6.07) is 7.99. The maximum absolute atomic E-state index is 11.5. The number of rotatable bonds is 6. The summed E-state index contributed by atoms with van der Waals surface area (Å²) in [6.07, 6.45) is 1.42. The molecule has 0 aromatic heterocycles. The Bertz CT molecular complexity index is 475. The lowest BCUT2D eigenvalue weighted by atomic mass is 9.84. The molecular weight excluding hydrogens is 254 g/mol. The van der Waals surface area contributed by atoms with Crippen molar-refractivity contribution >= 4 is 5.97 Å². The number of likely N-dealkylation sites (tertiary alicyclic amines) is 1. The van der Waals surface area contributed by atoms with Crippen LogP contribution < -0.4 is 4.74 Å². The van der Waals surface area contributed by atoms with Gasteiger partial charge in [-0.05, 0) is 32.4 Å². The second kappa shape index (κ2) is 6.27. The molecule has 0 bridgehead atoms. The monoisotopic (exact) mass is 277 g/mol. The molecule has 1 N–H and O–H groups in total. The molecule has 20 heavy (non-hydrogen) atoms. The molecule has 1 aliphatic rings. The van der Waals surface area contributed by atoms with E-state index < -0.39 is 11.4 Å². The zero-order valence-electron chi connectivity index (χ0n) is 12.3. The Kier molecular flexibility index (Phi) is 4.65. The lowest BCUT2D eigenvalue weighted by Gasteiger charge is -2.23. The summed E-state index contributed by atoms with van der Waals surface area (Å²) >= 11 is 0. The molecule has 1 saturated heterocycles. The molecule has 2 rings (SSSR count). The second-order valence-corrected chi connectivity index (χ2v) is 5.44. The predicted molar refractivity (Wildman–Crippen MR) is 77.9 cm³/mol. The molecule has 110 valence electrons. The quantitative estimate of drug-likeness (QED) is 0.868. The molecule has 1 unspecified atom stereocenters. The van der Waals surface area contributed by atoms with Crippen molar-refractivity contribution in [2.24, 2.45) is 5.41 Å². The number of carboxylic acids is 1. The fraction of sp³-hybridized carbons (Fsp3) is 0.562. The molecule has 1 fully saturated rings. The Hall–Kier alpha value is -1.55. The Morgan fingerprint density at radius 3 is 2.75 bits per heavy atom. The molecule has 0 radical (unpaired) electrons. The van der Waals surface area contributed by atoms with Crippen LogP contribution in [0, 0.1) is 5.41 Å². The van der Waals surface area contributed by atoms with Crippen LogP contribution in [0.1, 0.15) is 32.3 Å². The summed E-state index contributed by atoms with van der Waals surface area (Å²) in [6.45, 7) is 6.79. The highest BCUT2D eigenvalue weighted by molar-refractivity contribution is 5.75. The van der Waals surface area contributed by atoms with Crippen molar-refractivity contribution in [3.05, 3.63) is 29.8 Å². The largest absolute Gasteiger partial charge is 0.494 e. The smallest absolute Gasteiger partial charge is 0.310 e. The summed E-state index contributed by atoms with van der Waals surface area (Å²) in [5.41, 5.74) is 0.562. The van der Waals surface area contributed by atoms with Crippen LogP contribution in [0.4, 0.5) is 0 Å². The first-order valence-electron chi connectivity index (χ1n) is 7.27. The van der Waals surface area contributed by atoms with E-state index in [0.29, 0.717) is 19.6 Å². The van der Waals surface area contributed by atoms with Gasteiger partial charge in [0.2, 0.25) is 0 Å². The van der Waals surface area contributed by atoms with E-state index in [1.807, 2.05) is 32.0 Å². The second-order valence-electron chi connectivity index (χ2n) is 5.44. The first-order chi connectivity index (χ1) is 9.61. The number of hydrogen-bond acceptors (Lipinski definition) is 3. The number of benzene rings is 1. The lowest BCUT2D eigenvalue weighted by Crippen LogP contribution is -2.33. The van der Waals surface area contributed by atoms with Crippen molar-refractivity contribution < 1.29 is 14.6 Å². The number of ether oxygens (including phenoxy) is 1. The number of aliphatic carboxylic acids is 1. The van der Waals surface area contributed by atoms with Crippen LogP contribution in [0.2, 0.25) is 0 Å². The predicted octanol–water partition coefficient (Wildman–Crippen LogP) is 2.77. The van der Waals surface area contributed by atoms with E-state index in [9.17, 15) is 9.90 Å². The number of carboxylic acid groups (broad SMARTS) is 1. The van der Waals surface area contributed by atoms with E-state index in [2.05, 4.69) is 11.0 Å². The molecular formula is C16H23NO3. The molecule has 1 atom stereocenters. The van der Waals surface area contributed by atoms with Crippen LogP contribution >= 0.6 is 0 Å². The number of para-hydroxylation sites is 1. The lowest BCUT2D eigenvalue weighted by molar-refractivity contribution is -0.148. The van der Waals surface area contributed by atoms with Crippen molar-refractivity contribution in [3.63, 3.8) is 0 Å². The minimum absolute atomic E-state index is 0.569. The number of hydrogen-bond donors (Lipinski definition) is 1. The van der Waals surface area contributed by atoms with E-state index in [0.717, 1.165) is 30.8 Å².